The molecule has 0 atom stereocenters. The molecule has 0 radical (unpaired) electrons. The Morgan fingerprint density at radius 2 is 2.05 bits per heavy atom. The number of hydrogen-bond acceptors (Lipinski definition) is 2. The van der Waals surface area contributed by atoms with Crippen LogP contribution in [0.25, 0.3) is 11.0 Å². The van der Waals surface area contributed by atoms with Crippen LogP contribution in [0.3, 0.4) is 0 Å². The van der Waals surface area contributed by atoms with Crippen molar-refractivity contribution in [2.75, 3.05) is 0 Å². The molecule has 100 valence electrons. The fraction of sp³-hybridized carbons (Fsp3) is 0.375. The van der Waals surface area contributed by atoms with Gasteiger partial charge in [0.2, 0.25) is 0 Å². The monoisotopic (exact) mass is 256 g/mol. The van der Waals surface area contributed by atoms with Crippen molar-refractivity contribution in [1.29, 1.82) is 0 Å². The van der Waals surface area contributed by atoms with Crippen molar-refractivity contribution < 1.29 is 0 Å². The van der Waals surface area contributed by atoms with E-state index in [4.69, 9.17) is 0 Å². The summed E-state index contributed by atoms with van der Waals surface area (Å²) in [6.45, 7) is 6.81. The second-order valence-electron chi connectivity index (χ2n) is 4.81. The Kier molecular flexibility index (Phi) is 4.15. The van der Waals surface area contributed by atoms with Crippen LogP contribution < -0.4 is 5.56 Å². The largest absolute Gasteiger partial charge is 0.292 e. The first-order valence-corrected chi connectivity index (χ1v) is 6.76. The molecule has 2 aromatic rings. The highest BCUT2D eigenvalue weighted by Crippen LogP contribution is 2.16. The summed E-state index contributed by atoms with van der Waals surface area (Å²) in [5, 5.41) is 1.06. The summed E-state index contributed by atoms with van der Waals surface area (Å²) in [6.07, 6.45) is 6.14. The molecule has 2 rings (SSSR count). The smallest absolute Gasteiger partial charge is 0.252 e. The Morgan fingerprint density at radius 3 is 2.79 bits per heavy atom. The van der Waals surface area contributed by atoms with Crippen LogP contribution in [0.4, 0.5) is 0 Å². The molecule has 0 aliphatic heterocycles. The van der Waals surface area contributed by atoms with Crippen molar-refractivity contribution in [3.05, 3.63) is 52.0 Å². The molecule has 0 aliphatic carbocycles. The molecule has 0 N–H and O–H groups in total. The first kappa shape index (κ1) is 13.5. The van der Waals surface area contributed by atoms with E-state index in [-0.39, 0.29) is 5.56 Å². The molecule has 0 saturated carbocycles. The zero-order valence-electron chi connectivity index (χ0n) is 11.8. The maximum Gasteiger partial charge on any atom is 0.252 e. The predicted octanol–water partition coefficient (Wildman–Crippen LogP) is 3.37. The average Bonchev–Trinajstić information content (AvgIpc) is 2.36. The number of hydrogen-bond donors (Lipinski definition) is 0. The van der Waals surface area contributed by atoms with Gasteiger partial charge in [-0.25, -0.2) is 4.98 Å². The van der Waals surface area contributed by atoms with Crippen molar-refractivity contribution in [2.45, 2.75) is 40.2 Å². The van der Waals surface area contributed by atoms with E-state index in [0.717, 1.165) is 29.6 Å². The third-order valence-electron chi connectivity index (χ3n) is 3.21. The summed E-state index contributed by atoms with van der Waals surface area (Å²) in [5.74, 6) is 0. The average molecular weight is 256 g/mol. The summed E-state index contributed by atoms with van der Waals surface area (Å²) in [5.41, 5.74) is 2.94. The molecule has 3 heteroatoms. The number of aryl methyl sites for hydroxylation is 3. The van der Waals surface area contributed by atoms with Gasteiger partial charge in [0.15, 0.2) is 0 Å². The van der Waals surface area contributed by atoms with Crippen LogP contribution >= 0.6 is 0 Å². The van der Waals surface area contributed by atoms with Gasteiger partial charge < -0.3 is 0 Å². The lowest BCUT2D eigenvalue weighted by Crippen LogP contribution is -2.20. The lowest BCUT2D eigenvalue weighted by Gasteiger charge is -2.10. The van der Waals surface area contributed by atoms with Gasteiger partial charge in [-0.15, -0.1) is 0 Å². The topological polar surface area (TPSA) is 34.9 Å². The number of allylic oxidation sites excluding steroid dienone is 2. The summed E-state index contributed by atoms with van der Waals surface area (Å²) in [7, 11) is 0. The van der Waals surface area contributed by atoms with Crippen molar-refractivity contribution in [3.8, 4) is 0 Å². The molecule has 0 amide bonds. The minimum Gasteiger partial charge on any atom is -0.292 e. The zero-order chi connectivity index (χ0) is 13.8. The summed E-state index contributed by atoms with van der Waals surface area (Å²) < 4.78 is 1.77. The molecule has 0 aliphatic rings. The van der Waals surface area contributed by atoms with Gasteiger partial charge in [-0.2, -0.15) is 0 Å². The molecule has 2 heterocycles. The van der Waals surface area contributed by atoms with E-state index in [2.05, 4.69) is 31.0 Å². The Labute approximate surface area is 113 Å². The Bertz CT molecular complexity index is 668. The number of fused-ring (bicyclic) bond motifs is 1. The van der Waals surface area contributed by atoms with E-state index in [1.807, 2.05) is 19.1 Å². The van der Waals surface area contributed by atoms with Gasteiger partial charge in [0.05, 0.1) is 0 Å². The summed E-state index contributed by atoms with van der Waals surface area (Å²) in [4.78, 5) is 16.6. The van der Waals surface area contributed by atoms with Crippen LogP contribution in [0.15, 0.2) is 35.1 Å². The highest BCUT2D eigenvalue weighted by atomic mass is 16.1. The normalized spacial score (nSPS) is 11.5. The number of nitrogens with zero attached hydrogens (tertiary/aromatic N) is 2. The van der Waals surface area contributed by atoms with Crippen LogP contribution in [0.1, 0.15) is 31.0 Å². The fourth-order valence-electron chi connectivity index (χ4n) is 2.29. The molecular weight excluding hydrogens is 236 g/mol. The second-order valence-corrected chi connectivity index (χ2v) is 4.81. The van der Waals surface area contributed by atoms with E-state index >= 15 is 0 Å². The molecule has 0 spiro atoms. The maximum absolute atomic E-state index is 12.0. The number of aromatic nitrogens is 2. The van der Waals surface area contributed by atoms with Gasteiger partial charge >= 0.3 is 0 Å². The van der Waals surface area contributed by atoms with Crippen LogP contribution in [0.2, 0.25) is 0 Å². The molecule has 0 saturated heterocycles. The first-order valence-electron chi connectivity index (χ1n) is 6.76. The standard InChI is InChI=1S/C16H20N2O/c1-4-5-6-7-10-18-15(19)9-8-14-12(2)11-13(3)17-16(14)18/h5-6,8-9,11H,4,7,10H2,1-3H3. The molecule has 0 aromatic carbocycles. The maximum atomic E-state index is 12.0. The van der Waals surface area contributed by atoms with E-state index in [0.29, 0.717) is 6.54 Å². The first-order chi connectivity index (χ1) is 9.13. The molecular formula is C16H20N2O. The van der Waals surface area contributed by atoms with Gasteiger partial charge in [-0.1, -0.05) is 19.1 Å². The van der Waals surface area contributed by atoms with Crippen molar-refractivity contribution in [2.24, 2.45) is 0 Å². The van der Waals surface area contributed by atoms with Crippen LogP contribution in [-0.4, -0.2) is 9.55 Å². The van der Waals surface area contributed by atoms with Gasteiger partial charge in [0, 0.05) is 23.7 Å². The van der Waals surface area contributed by atoms with Crippen molar-refractivity contribution in [3.63, 3.8) is 0 Å². The van der Waals surface area contributed by atoms with E-state index in [9.17, 15) is 4.79 Å². The third kappa shape index (κ3) is 2.92. The van der Waals surface area contributed by atoms with Gasteiger partial charge in [-0.05, 0) is 44.4 Å². The predicted molar refractivity (Wildman–Crippen MR) is 79.5 cm³/mol. The van der Waals surface area contributed by atoms with Crippen LogP contribution in [-0.2, 0) is 6.54 Å². The number of rotatable bonds is 4. The third-order valence-corrected chi connectivity index (χ3v) is 3.21. The molecule has 2 aromatic heterocycles. The molecule has 3 nitrogen and oxygen atoms in total. The van der Waals surface area contributed by atoms with Crippen LogP contribution in [0, 0.1) is 13.8 Å². The second kappa shape index (κ2) is 5.83. The van der Waals surface area contributed by atoms with Gasteiger partial charge in [0.1, 0.15) is 5.65 Å². The molecule has 0 bridgehead atoms. The summed E-state index contributed by atoms with van der Waals surface area (Å²) in [6, 6.07) is 5.56. The SMILES string of the molecule is CCC=CCCn1c(=O)ccc2c(C)cc(C)nc21. The molecule has 0 fully saturated rings. The Morgan fingerprint density at radius 1 is 1.26 bits per heavy atom. The van der Waals surface area contributed by atoms with E-state index in [1.54, 1.807) is 10.6 Å². The highest BCUT2D eigenvalue weighted by Gasteiger charge is 2.06. The van der Waals surface area contributed by atoms with Crippen molar-refractivity contribution in [1.82, 2.24) is 9.55 Å². The Hall–Kier alpha value is -1.90. The lowest BCUT2D eigenvalue weighted by atomic mass is 10.1. The minimum atomic E-state index is 0.0231. The number of pyridine rings is 2. The van der Waals surface area contributed by atoms with Crippen LogP contribution in [0.5, 0.6) is 0 Å². The molecule has 19 heavy (non-hydrogen) atoms. The van der Waals surface area contributed by atoms with E-state index < -0.39 is 0 Å². The minimum absolute atomic E-state index is 0.0231. The highest BCUT2D eigenvalue weighted by molar-refractivity contribution is 5.79. The van der Waals surface area contributed by atoms with Gasteiger partial charge in [-0.3, -0.25) is 9.36 Å². The van der Waals surface area contributed by atoms with Gasteiger partial charge in [0.25, 0.3) is 5.56 Å². The van der Waals surface area contributed by atoms with Crippen molar-refractivity contribution >= 4 is 11.0 Å². The fourth-order valence-corrected chi connectivity index (χ4v) is 2.29. The quantitative estimate of drug-likeness (QED) is 0.786. The van der Waals surface area contributed by atoms with E-state index in [1.165, 1.54) is 5.56 Å². The Balaban J connectivity index is 2.49. The molecule has 0 unspecified atom stereocenters. The zero-order valence-corrected chi connectivity index (χ0v) is 11.8. The lowest BCUT2D eigenvalue weighted by molar-refractivity contribution is 0.699. The summed E-state index contributed by atoms with van der Waals surface area (Å²) >= 11 is 0.